The average Bonchev–Trinajstić information content (AvgIpc) is 2.85. The third kappa shape index (κ3) is 5.39. The number of hydrogen-bond donors (Lipinski definition) is 0. The molecule has 0 radical (unpaired) electrons. The van der Waals surface area contributed by atoms with Gasteiger partial charge in [-0.2, -0.15) is 0 Å². The van der Waals surface area contributed by atoms with Crippen LogP contribution in [0.1, 0.15) is 121 Å². The van der Waals surface area contributed by atoms with Crippen LogP contribution in [0, 0.1) is 17.7 Å². The molecule has 2 fully saturated rings. The molecule has 0 spiro atoms. The van der Waals surface area contributed by atoms with Crippen LogP contribution in [-0.2, 0) is 5.41 Å². The fourth-order valence-electron chi connectivity index (χ4n) is 7.14. The van der Waals surface area contributed by atoms with Crippen LogP contribution < -0.4 is 0 Å². The first-order chi connectivity index (χ1) is 16.1. The summed E-state index contributed by atoms with van der Waals surface area (Å²) in [5.74, 6) is 2.19. The first-order valence-electron chi connectivity index (χ1n) is 14.0. The van der Waals surface area contributed by atoms with E-state index in [1.807, 2.05) is 6.07 Å². The first kappa shape index (κ1) is 24.5. The quantitative estimate of drug-likeness (QED) is 0.377. The van der Waals surface area contributed by atoms with Crippen LogP contribution in [-0.4, -0.2) is 0 Å². The lowest BCUT2D eigenvalue weighted by atomic mass is 9.61. The Morgan fingerprint density at radius 3 is 2.18 bits per heavy atom. The summed E-state index contributed by atoms with van der Waals surface area (Å²) >= 11 is 0. The Morgan fingerprint density at radius 1 is 0.879 bits per heavy atom. The third-order valence-electron chi connectivity index (χ3n) is 9.19. The molecule has 2 aliphatic carbocycles. The molecule has 0 saturated heterocycles. The van der Waals surface area contributed by atoms with E-state index in [1.165, 1.54) is 94.6 Å². The van der Waals surface area contributed by atoms with Gasteiger partial charge in [0.1, 0.15) is 5.82 Å². The minimum atomic E-state index is -0.0472. The molecule has 33 heavy (non-hydrogen) atoms. The highest BCUT2D eigenvalue weighted by Crippen LogP contribution is 2.47. The van der Waals surface area contributed by atoms with Gasteiger partial charge in [-0.25, -0.2) is 4.39 Å². The van der Waals surface area contributed by atoms with Gasteiger partial charge in [0.15, 0.2) is 0 Å². The topological polar surface area (TPSA) is 0 Å². The highest BCUT2D eigenvalue weighted by molar-refractivity contribution is 5.65. The van der Waals surface area contributed by atoms with Crippen molar-refractivity contribution in [2.24, 2.45) is 11.8 Å². The molecular weight excluding hydrogens is 403 g/mol. The minimum absolute atomic E-state index is 0.0472. The van der Waals surface area contributed by atoms with Gasteiger partial charge in [-0.3, -0.25) is 0 Å². The predicted octanol–water partition coefficient (Wildman–Crippen LogP) is 10.2. The van der Waals surface area contributed by atoms with Gasteiger partial charge < -0.3 is 0 Å². The van der Waals surface area contributed by atoms with E-state index >= 15 is 4.39 Å². The lowest BCUT2D eigenvalue weighted by Crippen LogP contribution is -2.36. The van der Waals surface area contributed by atoms with E-state index < -0.39 is 0 Å². The molecule has 0 nitrogen and oxygen atoms in total. The Labute approximate surface area is 202 Å². The zero-order valence-electron chi connectivity index (χ0n) is 21.3. The molecule has 2 aliphatic rings. The zero-order chi connectivity index (χ0) is 23.3. The maximum absolute atomic E-state index is 15.5. The van der Waals surface area contributed by atoms with Gasteiger partial charge in [0.05, 0.1) is 0 Å². The molecular formula is C32H45F. The molecule has 0 amide bonds. The maximum atomic E-state index is 15.5. The first-order valence-corrected chi connectivity index (χ1v) is 14.0. The largest absolute Gasteiger partial charge is 0.206 e. The Morgan fingerprint density at radius 2 is 1.58 bits per heavy atom. The standard InChI is InChI=1S/C32H45F/c1-4-9-24(3)32(21-7-6-8-22-32)29-19-20-30(31(33)23-29)28-17-15-27(16-18-28)26-13-11-25(10-5-2)12-14-26/h15-20,23-26H,4-14,21-22H2,1-3H3. The second-order valence-corrected chi connectivity index (χ2v) is 11.2. The van der Waals surface area contributed by atoms with Gasteiger partial charge in [-0.1, -0.05) is 102 Å². The molecule has 1 heteroatoms. The fourth-order valence-corrected chi connectivity index (χ4v) is 7.14. The van der Waals surface area contributed by atoms with Crippen LogP contribution in [0.15, 0.2) is 42.5 Å². The normalized spacial score (nSPS) is 23.9. The molecule has 2 aromatic rings. The SMILES string of the molecule is CCCC1CCC(c2ccc(-c3ccc(C4(C(C)CCC)CCCCC4)cc3F)cc2)CC1. The third-order valence-corrected chi connectivity index (χ3v) is 9.19. The van der Waals surface area contributed by atoms with Gasteiger partial charge in [0.25, 0.3) is 0 Å². The summed E-state index contributed by atoms with van der Waals surface area (Å²) in [4.78, 5) is 0. The maximum Gasteiger partial charge on any atom is 0.131 e. The van der Waals surface area contributed by atoms with Gasteiger partial charge >= 0.3 is 0 Å². The van der Waals surface area contributed by atoms with Crippen molar-refractivity contribution >= 4 is 0 Å². The molecule has 0 N–H and O–H groups in total. The van der Waals surface area contributed by atoms with E-state index in [9.17, 15) is 0 Å². The number of rotatable bonds is 8. The van der Waals surface area contributed by atoms with Gasteiger partial charge in [-0.05, 0) is 84.5 Å². The Balaban J connectivity index is 1.51. The molecule has 180 valence electrons. The van der Waals surface area contributed by atoms with E-state index in [4.69, 9.17) is 0 Å². The van der Waals surface area contributed by atoms with Gasteiger partial charge in [-0.15, -0.1) is 0 Å². The van der Waals surface area contributed by atoms with Crippen molar-refractivity contribution in [1.82, 2.24) is 0 Å². The molecule has 1 atom stereocenters. The lowest BCUT2D eigenvalue weighted by molar-refractivity contribution is 0.192. The Bertz CT molecular complexity index is 866. The summed E-state index contributed by atoms with van der Waals surface area (Å²) in [7, 11) is 0. The van der Waals surface area contributed by atoms with Crippen LogP contribution in [0.25, 0.3) is 11.1 Å². The van der Waals surface area contributed by atoms with Crippen LogP contribution in [0.4, 0.5) is 4.39 Å². The highest BCUT2D eigenvalue weighted by atomic mass is 19.1. The fraction of sp³-hybridized carbons (Fsp3) is 0.625. The van der Waals surface area contributed by atoms with Crippen molar-refractivity contribution in [2.45, 2.75) is 116 Å². The minimum Gasteiger partial charge on any atom is -0.206 e. The van der Waals surface area contributed by atoms with Crippen molar-refractivity contribution in [1.29, 1.82) is 0 Å². The van der Waals surface area contributed by atoms with E-state index in [0.29, 0.717) is 11.8 Å². The van der Waals surface area contributed by atoms with Crippen molar-refractivity contribution in [3.63, 3.8) is 0 Å². The van der Waals surface area contributed by atoms with Gasteiger partial charge in [0, 0.05) is 5.56 Å². The summed E-state index contributed by atoms with van der Waals surface area (Å²) in [6.07, 6.45) is 16.8. The number of halogens is 1. The number of hydrogen-bond acceptors (Lipinski definition) is 0. The summed E-state index contributed by atoms with van der Waals surface area (Å²) in [5.41, 5.74) is 4.62. The second kappa shape index (κ2) is 11.2. The smallest absolute Gasteiger partial charge is 0.131 e. The van der Waals surface area contributed by atoms with Crippen LogP contribution in [0.5, 0.6) is 0 Å². The van der Waals surface area contributed by atoms with Crippen molar-refractivity contribution in [3.05, 3.63) is 59.4 Å². The van der Waals surface area contributed by atoms with Crippen molar-refractivity contribution in [2.75, 3.05) is 0 Å². The second-order valence-electron chi connectivity index (χ2n) is 11.2. The molecule has 1 unspecified atom stereocenters. The van der Waals surface area contributed by atoms with Crippen molar-refractivity contribution < 1.29 is 4.39 Å². The average molecular weight is 449 g/mol. The zero-order valence-corrected chi connectivity index (χ0v) is 21.3. The number of benzene rings is 2. The van der Waals surface area contributed by atoms with E-state index in [2.05, 4.69) is 57.2 Å². The molecule has 0 aromatic heterocycles. The molecule has 0 bridgehead atoms. The Hall–Kier alpha value is -1.63. The van der Waals surface area contributed by atoms with Crippen LogP contribution in [0.3, 0.4) is 0 Å². The summed E-state index contributed by atoms with van der Waals surface area (Å²) < 4.78 is 15.5. The van der Waals surface area contributed by atoms with Crippen LogP contribution >= 0.6 is 0 Å². The Kier molecular flexibility index (Phi) is 8.31. The summed E-state index contributed by atoms with van der Waals surface area (Å²) in [6, 6.07) is 15.0. The predicted molar refractivity (Wildman–Crippen MR) is 140 cm³/mol. The summed E-state index contributed by atoms with van der Waals surface area (Å²) in [6.45, 7) is 6.98. The molecule has 2 aromatic carbocycles. The van der Waals surface area contributed by atoms with E-state index in [1.54, 1.807) is 0 Å². The monoisotopic (exact) mass is 448 g/mol. The lowest BCUT2D eigenvalue weighted by Gasteiger charge is -2.43. The molecule has 4 rings (SSSR count). The van der Waals surface area contributed by atoms with Crippen LogP contribution in [0.2, 0.25) is 0 Å². The van der Waals surface area contributed by atoms with E-state index in [-0.39, 0.29) is 11.2 Å². The molecule has 0 aliphatic heterocycles. The van der Waals surface area contributed by atoms with E-state index in [0.717, 1.165) is 17.0 Å². The summed E-state index contributed by atoms with van der Waals surface area (Å²) in [5, 5.41) is 0. The van der Waals surface area contributed by atoms with Crippen molar-refractivity contribution in [3.8, 4) is 11.1 Å². The highest BCUT2D eigenvalue weighted by Gasteiger charge is 2.38. The molecule has 0 heterocycles. The van der Waals surface area contributed by atoms with Gasteiger partial charge in [0.2, 0.25) is 0 Å². The molecule has 2 saturated carbocycles.